The number of hydrogen-bond acceptors (Lipinski definition) is 3. The summed E-state index contributed by atoms with van der Waals surface area (Å²) in [5.74, 6) is 0. The van der Waals surface area contributed by atoms with Crippen LogP contribution in [0.25, 0.3) is 0 Å². The lowest BCUT2D eigenvalue weighted by Gasteiger charge is -2.36. The van der Waals surface area contributed by atoms with Crippen LogP contribution in [0.2, 0.25) is 0 Å². The average Bonchev–Trinajstić information content (AvgIpc) is 2.85. The van der Waals surface area contributed by atoms with Crippen molar-refractivity contribution in [2.75, 3.05) is 19.6 Å². The van der Waals surface area contributed by atoms with Gasteiger partial charge >= 0.3 is 0 Å². The molecule has 0 aromatic rings. The predicted octanol–water partition coefficient (Wildman–Crippen LogP) is 0.587. The molecule has 3 nitrogen and oxygen atoms in total. The smallest absolute Gasteiger partial charge is 0.0718 e. The van der Waals surface area contributed by atoms with Crippen LogP contribution >= 0.6 is 0 Å². The van der Waals surface area contributed by atoms with Gasteiger partial charge in [-0.3, -0.25) is 4.90 Å². The molecular weight excluding hydrogens is 164 g/mol. The molecule has 0 aromatic heterocycles. The Bertz CT molecular complexity index is 170. The van der Waals surface area contributed by atoms with Gasteiger partial charge < -0.3 is 10.5 Å². The van der Waals surface area contributed by atoms with E-state index in [1.807, 2.05) is 0 Å². The van der Waals surface area contributed by atoms with Gasteiger partial charge in [0.2, 0.25) is 0 Å². The van der Waals surface area contributed by atoms with Crippen molar-refractivity contribution in [1.82, 2.24) is 4.90 Å². The van der Waals surface area contributed by atoms with Crippen molar-refractivity contribution in [3.8, 4) is 0 Å². The molecule has 2 unspecified atom stereocenters. The van der Waals surface area contributed by atoms with Crippen LogP contribution in [0.1, 0.15) is 26.2 Å². The molecule has 2 rings (SSSR count). The van der Waals surface area contributed by atoms with E-state index in [0.717, 1.165) is 32.1 Å². The summed E-state index contributed by atoms with van der Waals surface area (Å²) < 4.78 is 5.81. The van der Waals surface area contributed by atoms with E-state index in [1.54, 1.807) is 0 Å². The van der Waals surface area contributed by atoms with Crippen LogP contribution in [0.15, 0.2) is 0 Å². The summed E-state index contributed by atoms with van der Waals surface area (Å²) in [6.07, 6.45) is 4.57. The monoisotopic (exact) mass is 184 g/mol. The van der Waals surface area contributed by atoms with E-state index in [0.29, 0.717) is 12.2 Å². The molecule has 0 radical (unpaired) electrons. The van der Waals surface area contributed by atoms with Gasteiger partial charge in [-0.2, -0.15) is 0 Å². The first-order valence-electron chi connectivity index (χ1n) is 5.39. The fraction of sp³-hybridized carbons (Fsp3) is 1.00. The third-order valence-corrected chi connectivity index (χ3v) is 2.91. The Morgan fingerprint density at radius 1 is 1.38 bits per heavy atom. The molecule has 2 atom stereocenters. The van der Waals surface area contributed by atoms with Gasteiger partial charge in [-0.05, 0) is 32.7 Å². The fourth-order valence-corrected chi connectivity index (χ4v) is 2.16. The predicted molar refractivity (Wildman–Crippen MR) is 52.6 cm³/mol. The number of hydrogen-bond donors (Lipinski definition) is 1. The summed E-state index contributed by atoms with van der Waals surface area (Å²) >= 11 is 0. The Balaban J connectivity index is 1.84. The van der Waals surface area contributed by atoms with Gasteiger partial charge in [-0.1, -0.05) is 0 Å². The Morgan fingerprint density at radius 3 is 2.77 bits per heavy atom. The minimum atomic E-state index is 0.384. The fourth-order valence-electron chi connectivity index (χ4n) is 2.16. The maximum atomic E-state index is 5.81. The van der Waals surface area contributed by atoms with Gasteiger partial charge in [0.15, 0.2) is 0 Å². The summed E-state index contributed by atoms with van der Waals surface area (Å²) in [7, 11) is 0. The number of nitrogens with zero attached hydrogens (tertiary/aromatic N) is 1. The summed E-state index contributed by atoms with van der Waals surface area (Å²) in [4.78, 5) is 2.58. The summed E-state index contributed by atoms with van der Waals surface area (Å²) in [6.45, 7) is 5.13. The third-order valence-electron chi connectivity index (χ3n) is 2.91. The van der Waals surface area contributed by atoms with Crippen LogP contribution in [0.3, 0.4) is 0 Å². The number of nitrogens with two attached hydrogens (primary N) is 1. The van der Waals surface area contributed by atoms with Gasteiger partial charge in [-0.15, -0.1) is 0 Å². The molecule has 1 saturated carbocycles. The molecule has 2 N–H and O–H groups in total. The Kier molecular flexibility index (Phi) is 2.86. The second kappa shape index (κ2) is 3.95. The van der Waals surface area contributed by atoms with E-state index in [1.165, 1.54) is 12.8 Å². The van der Waals surface area contributed by atoms with Crippen LogP contribution in [0.4, 0.5) is 0 Å². The largest absolute Gasteiger partial charge is 0.373 e. The average molecular weight is 184 g/mol. The quantitative estimate of drug-likeness (QED) is 0.697. The lowest BCUT2D eigenvalue weighted by atomic mass is 10.1. The van der Waals surface area contributed by atoms with Crippen molar-refractivity contribution in [1.29, 1.82) is 0 Å². The van der Waals surface area contributed by atoms with Crippen LogP contribution in [0.5, 0.6) is 0 Å². The lowest BCUT2D eigenvalue weighted by molar-refractivity contribution is -0.0809. The minimum absolute atomic E-state index is 0.384. The van der Waals surface area contributed by atoms with E-state index >= 15 is 0 Å². The first-order valence-corrected chi connectivity index (χ1v) is 5.39. The first kappa shape index (κ1) is 9.44. The molecule has 1 aliphatic carbocycles. The second-order valence-electron chi connectivity index (χ2n) is 4.33. The van der Waals surface area contributed by atoms with Gasteiger partial charge in [0, 0.05) is 19.1 Å². The summed E-state index contributed by atoms with van der Waals surface area (Å²) in [6, 6.07) is 0.867. The van der Waals surface area contributed by atoms with Crippen molar-refractivity contribution >= 4 is 0 Å². The maximum Gasteiger partial charge on any atom is 0.0718 e. The van der Waals surface area contributed by atoms with Crippen LogP contribution in [0, 0.1) is 0 Å². The molecule has 2 aliphatic rings. The first-order chi connectivity index (χ1) is 6.29. The highest BCUT2D eigenvalue weighted by molar-refractivity contribution is 4.89. The Hall–Kier alpha value is -0.120. The molecule has 0 spiro atoms. The topological polar surface area (TPSA) is 38.5 Å². The highest BCUT2D eigenvalue weighted by atomic mass is 16.5. The highest BCUT2D eigenvalue weighted by Gasteiger charge is 2.34. The molecule has 0 amide bonds. The number of rotatable bonds is 3. The highest BCUT2D eigenvalue weighted by Crippen LogP contribution is 2.29. The van der Waals surface area contributed by atoms with Crippen molar-refractivity contribution in [2.45, 2.75) is 44.4 Å². The molecule has 3 heteroatoms. The molecule has 0 aromatic carbocycles. The third kappa shape index (κ3) is 2.42. The Labute approximate surface area is 80.2 Å². The van der Waals surface area contributed by atoms with E-state index in [4.69, 9.17) is 10.5 Å². The molecule has 1 aliphatic heterocycles. The summed E-state index contributed by atoms with van der Waals surface area (Å²) in [5.41, 5.74) is 5.54. The molecule has 13 heavy (non-hydrogen) atoms. The van der Waals surface area contributed by atoms with Crippen LogP contribution in [-0.2, 0) is 4.74 Å². The number of ether oxygens (including phenoxy) is 1. The van der Waals surface area contributed by atoms with Crippen molar-refractivity contribution in [3.05, 3.63) is 0 Å². The zero-order valence-electron chi connectivity index (χ0n) is 8.41. The van der Waals surface area contributed by atoms with Crippen LogP contribution in [-0.4, -0.2) is 42.8 Å². The number of morpholine rings is 1. The second-order valence-corrected chi connectivity index (χ2v) is 4.33. The van der Waals surface area contributed by atoms with Crippen molar-refractivity contribution < 1.29 is 4.74 Å². The zero-order chi connectivity index (χ0) is 9.26. The zero-order valence-corrected chi connectivity index (χ0v) is 8.41. The SMILES string of the molecule is CC1CN(C2CC2)CC(CCN)O1. The van der Waals surface area contributed by atoms with Gasteiger partial charge in [0.1, 0.15) is 0 Å². The van der Waals surface area contributed by atoms with E-state index in [9.17, 15) is 0 Å². The molecular formula is C10H20N2O. The molecule has 1 heterocycles. The molecule has 2 fully saturated rings. The standard InChI is InChI=1S/C10H20N2O/c1-8-6-12(9-2-3-9)7-10(13-8)4-5-11/h8-10H,2-7,11H2,1H3. The van der Waals surface area contributed by atoms with E-state index in [-0.39, 0.29) is 0 Å². The maximum absolute atomic E-state index is 5.81. The van der Waals surface area contributed by atoms with Crippen molar-refractivity contribution in [3.63, 3.8) is 0 Å². The van der Waals surface area contributed by atoms with Crippen LogP contribution < -0.4 is 5.73 Å². The van der Waals surface area contributed by atoms with Gasteiger partial charge in [0.05, 0.1) is 12.2 Å². The normalized spacial score (nSPS) is 36.5. The summed E-state index contributed by atoms with van der Waals surface area (Å²) in [5, 5.41) is 0. The van der Waals surface area contributed by atoms with Gasteiger partial charge in [-0.25, -0.2) is 0 Å². The molecule has 76 valence electrons. The minimum Gasteiger partial charge on any atom is -0.373 e. The van der Waals surface area contributed by atoms with E-state index < -0.39 is 0 Å². The lowest BCUT2D eigenvalue weighted by Crippen LogP contribution is -2.48. The Morgan fingerprint density at radius 2 is 2.15 bits per heavy atom. The van der Waals surface area contributed by atoms with Crippen molar-refractivity contribution in [2.24, 2.45) is 5.73 Å². The van der Waals surface area contributed by atoms with E-state index in [2.05, 4.69) is 11.8 Å². The molecule has 1 saturated heterocycles. The van der Waals surface area contributed by atoms with Gasteiger partial charge in [0.25, 0.3) is 0 Å². The molecule has 0 bridgehead atoms.